The average Bonchev–Trinajstić information content (AvgIpc) is 3.82. The summed E-state index contributed by atoms with van der Waals surface area (Å²) in [5.74, 6) is 0. The van der Waals surface area contributed by atoms with E-state index in [1.807, 2.05) is 12.1 Å². The Hall–Kier alpha value is -7.56. The van der Waals surface area contributed by atoms with Crippen molar-refractivity contribution in [2.24, 2.45) is 0 Å². The first-order chi connectivity index (χ1) is 27.7. The van der Waals surface area contributed by atoms with Crippen LogP contribution in [0.2, 0.25) is 0 Å². The Balaban J connectivity index is 1.21. The minimum Gasteiger partial charge on any atom is -0.456 e. The number of nitrogens with zero attached hydrogens (tertiary/aromatic N) is 2. The summed E-state index contributed by atoms with van der Waals surface area (Å²) < 4.78 is 13.2. The molecule has 0 atom stereocenters. The fourth-order valence-electron chi connectivity index (χ4n) is 8.18. The Bertz CT molecular complexity index is 3150. The molecule has 0 N–H and O–H groups in total. The second-order valence-electron chi connectivity index (χ2n) is 14.2. The molecule has 11 rings (SSSR count). The summed E-state index contributed by atoms with van der Waals surface area (Å²) in [5, 5.41) is 6.59. The lowest BCUT2D eigenvalue weighted by Crippen LogP contribution is -2.13. The van der Waals surface area contributed by atoms with E-state index in [-0.39, 0.29) is 0 Å². The molecule has 0 amide bonds. The second kappa shape index (κ2) is 13.1. The van der Waals surface area contributed by atoms with Gasteiger partial charge in [-0.1, -0.05) is 121 Å². The lowest BCUT2D eigenvalue weighted by molar-refractivity contribution is 0.668. The Kier molecular flexibility index (Phi) is 7.46. The van der Waals surface area contributed by atoms with Gasteiger partial charge in [-0.15, -0.1) is 0 Å². The van der Waals surface area contributed by atoms with E-state index < -0.39 is 0 Å². The largest absolute Gasteiger partial charge is 0.456 e. The maximum Gasteiger partial charge on any atom is 0.139 e. The lowest BCUT2D eigenvalue weighted by atomic mass is 10.0. The van der Waals surface area contributed by atoms with Crippen LogP contribution in [0.1, 0.15) is 0 Å². The summed E-state index contributed by atoms with van der Waals surface area (Å²) in [6.45, 7) is 0. The zero-order chi connectivity index (χ0) is 37.0. The van der Waals surface area contributed by atoms with Gasteiger partial charge in [0.05, 0.1) is 16.8 Å². The van der Waals surface area contributed by atoms with Crippen LogP contribution in [0.4, 0.5) is 34.1 Å². The molecule has 0 radical (unpaired) electrons. The van der Waals surface area contributed by atoms with E-state index in [1.54, 1.807) is 0 Å². The molecule has 0 aliphatic heterocycles. The predicted molar refractivity (Wildman–Crippen MR) is 233 cm³/mol. The van der Waals surface area contributed by atoms with Gasteiger partial charge < -0.3 is 18.6 Å². The Morgan fingerprint density at radius 1 is 0.286 bits per heavy atom. The number of anilines is 6. The van der Waals surface area contributed by atoms with Crippen LogP contribution in [-0.4, -0.2) is 0 Å². The first kappa shape index (κ1) is 31.9. The maximum absolute atomic E-state index is 6.91. The van der Waals surface area contributed by atoms with Crippen molar-refractivity contribution in [3.05, 3.63) is 206 Å². The molecule has 0 saturated heterocycles. The van der Waals surface area contributed by atoms with Gasteiger partial charge in [0.1, 0.15) is 22.3 Å². The smallest absolute Gasteiger partial charge is 0.139 e. The standard InChI is InChI=1S/C52H34N2O2/c1-4-14-35(15-5-1)36-24-26-41(27-25-36)53(42-28-29-49-45(32-42)44-22-12-13-23-48(44)55-49)43-33-47(54(39-18-6-2-7-19-39)40-20-8-3-9-21-40)52-46-30-37-16-10-11-17-38(37)31-50(46)56-51(52)34-43/h1-34H. The third-order valence-corrected chi connectivity index (χ3v) is 10.8. The highest BCUT2D eigenvalue weighted by molar-refractivity contribution is 6.17. The minimum absolute atomic E-state index is 0.806. The monoisotopic (exact) mass is 718 g/mol. The van der Waals surface area contributed by atoms with Gasteiger partial charge in [0, 0.05) is 45.0 Å². The molecule has 11 aromatic rings. The SMILES string of the molecule is c1ccc(-c2ccc(N(c3cc(N(c4ccccc4)c4ccccc4)c4c(c3)oc3cc5ccccc5cc34)c3ccc4oc5ccccc5c4c3)cc2)cc1. The zero-order valence-corrected chi connectivity index (χ0v) is 30.3. The molecule has 0 aliphatic carbocycles. The summed E-state index contributed by atoms with van der Waals surface area (Å²) >= 11 is 0. The van der Waals surface area contributed by atoms with Crippen LogP contribution in [-0.2, 0) is 0 Å². The van der Waals surface area contributed by atoms with E-state index in [0.717, 1.165) is 89.0 Å². The quantitative estimate of drug-likeness (QED) is 0.164. The van der Waals surface area contributed by atoms with E-state index >= 15 is 0 Å². The molecule has 2 aromatic heterocycles. The molecular weight excluding hydrogens is 685 g/mol. The molecule has 264 valence electrons. The summed E-state index contributed by atoms with van der Waals surface area (Å²) in [5.41, 5.74) is 11.8. The molecule has 9 aromatic carbocycles. The molecule has 0 saturated carbocycles. The first-order valence-electron chi connectivity index (χ1n) is 18.9. The van der Waals surface area contributed by atoms with Crippen LogP contribution in [0, 0.1) is 0 Å². The number of rotatable bonds is 7. The average molecular weight is 719 g/mol. The van der Waals surface area contributed by atoms with Crippen molar-refractivity contribution in [1.82, 2.24) is 0 Å². The zero-order valence-electron chi connectivity index (χ0n) is 30.3. The number of furan rings is 2. The van der Waals surface area contributed by atoms with Gasteiger partial charge in [-0.05, 0) is 101 Å². The number of para-hydroxylation sites is 3. The Morgan fingerprint density at radius 2 is 0.839 bits per heavy atom. The highest BCUT2D eigenvalue weighted by atomic mass is 16.3. The van der Waals surface area contributed by atoms with Gasteiger partial charge in [-0.25, -0.2) is 0 Å². The fourth-order valence-corrected chi connectivity index (χ4v) is 8.18. The number of benzene rings is 9. The third-order valence-electron chi connectivity index (χ3n) is 10.8. The summed E-state index contributed by atoms with van der Waals surface area (Å²) in [7, 11) is 0. The van der Waals surface area contributed by atoms with Crippen molar-refractivity contribution in [1.29, 1.82) is 0 Å². The molecular formula is C52H34N2O2. The molecule has 0 bridgehead atoms. The molecule has 4 nitrogen and oxygen atoms in total. The highest BCUT2D eigenvalue weighted by Crippen LogP contribution is 2.48. The Morgan fingerprint density at radius 3 is 1.57 bits per heavy atom. The van der Waals surface area contributed by atoms with Crippen LogP contribution >= 0.6 is 0 Å². The van der Waals surface area contributed by atoms with Gasteiger partial charge in [0.15, 0.2) is 0 Å². The predicted octanol–water partition coefficient (Wildman–Crippen LogP) is 15.2. The molecule has 56 heavy (non-hydrogen) atoms. The summed E-state index contributed by atoms with van der Waals surface area (Å²) in [6, 6.07) is 72.7. The van der Waals surface area contributed by atoms with E-state index in [9.17, 15) is 0 Å². The van der Waals surface area contributed by atoms with Crippen molar-refractivity contribution in [3.63, 3.8) is 0 Å². The maximum atomic E-state index is 6.91. The number of hydrogen-bond acceptors (Lipinski definition) is 4. The van der Waals surface area contributed by atoms with E-state index in [1.165, 1.54) is 10.9 Å². The fraction of sp³-hybridized carbons (Fsp3) is 0. The van der Waals surface area contributed by atoms with Gasteiger partial charge in [-0.3, -0.25) is 0 Å². The second-order valence-corrected chi connectivity index (χ2v) is 14.2. The normalized spacial score (nSPS) is 11.6. The van der Waals surface area contributed by atoms with Crippen LogP contribution in [0.15, 0.2) is 215 Å². The molecule has 0 fully saturated rings. The van der Waals surface area contributed by atoms with Crippen molar-refractivity contribution >= 4 is 88.8 Å². The molecule has 0 unspecified atom stereocenters. The van der Waals surface area contributed by atoms with Gasteiger partial charge in [-0.2, -0.15) is 0 Å². The summed E-state index contributed by atoms with van der Waals surface area (Å²) in [6.07, 6.45) is 0. The first-order valence-corrected chi connectivity index (χ1v) is 18.9. The summed E-state index contributed by atoms with van der Waals surface area (Å²) in [4.78, 5) is 4.68. The van der Waals surface area contributed by atoms with Crippen molar-refractivity contribution in [2.45, 2.75) is 0 Å². The van der Waals surface area contributed by atoms with Crippen LogP contribution in [0.3, 0.4) is 0 Å². The van der Waals surface area contributed by atoms with E-state index in [0.29, 0.717) is 0 Å². The topological polar surface area (TPSA) is 32.8 Å². The number of hydrogen-bond donors (Lipinski definition) is 0. The number of fused-ring (bicyclic) bond motifs is 7. The van der Waals surface area contributed by atoms with Crippen molar-refractivity contribution in [3.8, 4) is 11.1 Å². The van der Waals surface area contributed by atoms with Gasteiger partial charge >= 0.3 is 0 Å². The Labute approximate surface area is 323 Å². The molecule has 2 heterocycles. The van der Waals surface area contributed by atoms with Crippen molar-refractivity contribution < 1.29 is 8.83 Å². The van der Waals surface area contributed by atoms with Crippen LogP contribution in [0.5, 0.6) is 0 Å². The van der Waals surface area contributed by atoms with Gasteiger partial charge in [0.2, 0.25) is 0 Å². The van der Waals surface area contributed by atoms with E-state index in [4.69, 9.17) is 8.83 Å². The highest BCUT2D eigenvalue weighted by Gasteiger charge is 2.24. The minimum atomic E-state index is 0.806. The van der Waals surface area contributed by atoms with Crippen molar-refractivity contribution in [2.75, 3.05) is 9.80 Å². The molecule has 0 aliphatic rings. The van der Waals surface area contributed by atoms with E-state index in [2.05, 4.69) is 204 Å². The molecule has 0 spiro atoms. The van der Waals surface area contributed by atoms with Crippen LogP contribution < -0.4 is 9.80 Å². The van der Waals surface area contributed by atoms with Crippen LogP contribution in [0.25, 0.3) is 65.8 Å². The molecule has 4 heteroatoms. The van der Waals surface area contributed by atoms with Gasteiger partial charge in [0.25, 0.3) is 0 Å². The third kappa shape index (κ3) is 5.39. The lowest BCUT2D eigenvalue weighted by Gasteiger charge is -2.30.